The van der Waals surface area contributed by atoms with Gasteiger partial charge in [0.05, 0.1) is 12.3 Å². The molecule has 0 saturated heterocycles. The summed E-state index contributed by atoms with van der Waals surface area (Å²) < 4.78 is 54.9. The average Bonchev–Trinajstić information content (AvgIpc) is 3.49. The van der Waals surface area contributed by atoms with Crippen LogP contribution in [0.5, 0.6) is 5.75 Å². The van der Waals surface area contributed by atoms with Gasteiger partial charge in [-0.3, -0.25) is 0 Å². The number of hydrogen-bond donors (Lipinski definition) is 1. The van der Waals surface area contributed by atoms with Crippen LogP contribution >= 0.6 is 11.3 Å². The Hall–Kier alpha value is -3.37. The number of rotatable bonds is 11. The van der Waals surface area contributed by atoms with Crippen molar-refractivity contribution in [3.8, 4) is 17.2 Å². The summed E-state index contributed by atoms with van der Waals surface area (Å²) in [4.78, 5) is 16.1. The molecule has 1 N–H and O–H groups in total. The number of halogens is 3. The molecule has 0 aliphatic carbocycles. The molecular weight excluding hydrogens is 519 g/mol. The van der Waals surface area contributed by atoms with Gasteiger partial charge < -0.3 is 19.0 Å². The molecule has 10 heteroatoms. The number of carbonyl (C=O) groups is 1. The van der Waals surface area contributed by atoms with Gasteiger partial charge in [0.2, 0.25) is 5.89 Å². The highest BCUT2D eigenvalue weighted by Gasteiger charge is 2.31. The van der Waals surface area contributed by atoms with Crippen LogP contribution in [0.25, 0.3) is 21.5 Å². The van der Waals surface area contributed by atoms with Crippen LogP contribution in [0.4, 0.5) is 13.2 Å². The van der Waals surface area contributed by atoms with Gasteiger partial charge in [-0.15, -0.1) is 11.3 Å². The van der Waals surface area contributed by atoms with E-state index in [4.69, 9.17) is 9.15 Å². The first-order valence-electron chi connectivity index (χ1n) is 12.1. The topological polar surface area (TPSA) is 81.8 Å². The van der Waals surface area contributed by atoms with Gasteiger partial charge in [-0.05, 0) is 53.6 Å². The third-order valence-electron chi connectivity index (χ3n) is 6.10. The first-order valence-corrected chi connectivity index (χ1v) is 13.0. The van der Waals surface area contributed by atoms with Crippen molar-refractivity contribution in [2.45, 2.75) is 51.8 Å². The molecule has 2 aromatic carbocycles. The number of ether oxygens (including phenoxy) is 2. The number of carboxylic acids is 1. The van der Waals surface area contributed by atoms with Gasteiger partial charge >= 0.3 is 12.1 Å². The number of hydrogen-bond acceptors (Lipinski definition) is 6. The molecule has 2 aromatic heterocycles. The summed E-state index contributed by atoms with van der Waals surface area (Å²) in [5, 5.41) is 11.9. The summed E-state index contributed by atoms with van der Waals surface area (Å²) >= 11 is 1.36. The van der Waals surface area contributed by atoms with Crippen LogP contribution in [0, 0.1) is 6.92 Å². The van der Waals surface area contributed by atoms with Crippen LogP contribution in [0.2, 0.25) is 0 Å². The largest absolute Gasteiger partial charge is 0.493 e. The summed E-state index contributed by atoms with van der Waals surface area (Å²) in [5.74, 6) is 0.855. The normalized spacial score (nSPS) is 12.8. The molecule has 6 nitrogen and oxygen atoms in total. The molecule has 0 spiro atoms. The third-order valence-corrected chi connectivity index (χ3v) is 7.09. The standard InChI is InChI=1S/C28H28F3NO5S/c1-16(2)18-4-6-19(7-5-18)26-32-22(17(3)37-26)10-12-35-23-9-8-20(25-21(23)11-13-38-25)14-24(27(33)34)36-15-28(29,30)31/h4-9,11,13,16,24H,10,12,14-15H2,1-3H3,(H,33,34). The van der Waals surface area contributed by atoms with E-state index in [1.807, 2.05) is 30.5 Å². The zero-order chi connectivity index (χ0) is 27.4. The monoisotopic (exact) mass is 547 g/mol. The summed E-state index contributed by atoms with van der Waals surface area (Å²) in [5.41, 5.74) is 3.51. The molecule has 0 saturated carbocycles. The second-order valence-electron chi connectivity index (χ2n) is 9.24. The van der Waals surface area contributed by atoms with E-state index in [9.17, 15) is 23.1 Å². The van der Waals surface area contributed by atoms with Gasteiger partial charge in [0.25, 0.3) is 0 Å². The quantitative estimate of drug-likeness (QED) is 0.214. The van der Waals surface area contributed by atoms with Crippen molar-refractivity contribution < 1.29 is 37.0 Å². The zero-order valence-electron chi connectivity index (χ0n) is 21.2. The lowest BCUT2D eigenvalue weighted by molar-refractivity contribution is -0.192. The number of aryl methyl sites for hydroxylation is 1. The van der Waals surface area contributed by atoms with Gasteiger partial charge in [-0.2, -0.15) is 13.2 Å². The van der Waals surface area contributed by atoms with Gasteiger partial charge in [0, 0.05) is 28.5 Å². The molecule has 2 heterocycles. The van der Waals surface area contributed by atoms with Gasteiger partial charge in [-0.25, -0.2) is 9.78 Å². The highest BCUT2D eigenvalue weighted by atomic mass is 32.1. The van der Waals surface area contributed by atoms with Crippen molar-refractivity contribution in [1.82, 2.24) is 4.98 Å². The van der Waals surface area contributed by atoms with Gasteiger partial charge in [0.1, 0.15) is 18.1 Å². The molecule has 1 atom stereocenters. The van der Waals surface area contributed by atoms with Gasteiger partial charge in [-0.1, -0.05) is 32.0 Å². The van der Waals surface area contributed by atoms with Crippen molar-refractivity contribution in [2.24, 2.45) is 0 Å². The third kappa shape index (κ3) is 6.73. The number of alkyl halides is 3. The molecule has 0 amide bonds. The number of thiophene rings is 1. The highest BCUT2D eigenvalue weighted by Crippen LogP contribution is 2.34. The van der Waals surface area contributed by atoms with Gasteiger partial charge in [0.15, 0.2) is 6.10 Å². The maximum Gasteiger partial charge on any atom is 0.411 e. The van der Waals surface area contributed by atoms with Crippen LogP contribution in [-0.4, -0.2) is 41.6 Å². The maximum atomic E-state index is 12.5. The molecule has 38 heavy (non-hydrogen) atoms. The Kier molecular flexibility index (Phi) is 8.42. The van der Waals surface area contributed by atoms with E-state index in [0.29, 0.717) is 41.9 Å². The first-order chi connectivity index (χ1) is 18.0. The minimum Gasteiger partial charge on any atom is -0.493 e. The minimum absolute atomic E-state index is 0.193. The second-order valence-corrected chi connectivity index (χ2v) is 10.2. The number of oxazole rings is 1. The molecular formula is C28H28F3NO5S. The SMILES string of the molecule is Cc1oc(-c2ccc(C(C)C)cc2)nc1CCOc1ccc(CC(OCC(F)(F)F)C(=O)O)c2sccc12. The lowest BCUT2D eigenvalue weighted by Gasteiger charge is -2.16. The fourth-order valence-corrected chi connectivity index (χ4v) is 4.98. The Morgan fingerprint density at radius 3 is 2.53 bits per heavy atom. The highest BCUT2D eigenvalue weighted by molar-refractivity contribution is 7.17. The molecule has 0 aliphatic rings. The van der Waals surface area contributed by atoms with Crippen molar-refractivity contribution in [3.05, 3.63) is 70.4 Å². The Morgan fingerprint density at radius 2 is 1.87 bits per heavy atom. The van der Waals surface area contributed by atoms with E-state index in [1.54, 1.807) is 12.1 Å². The van der Waals surface area contributed by atoms with Crippen LogP contribution in [0.3, 0.4) is 0 Å². The van der Waals surface area contributed by atoms with Crippen LogP contribution < -0.4 is 4.74 Å². The summed E-state index contributed by atoms with van der Waals surface area (Å²) in [6.07, 6.45) is -5.90. The van der Waals surface area contributed by atoms with Crippen LogP contribution in [0.15, 0.2) is 52.3 Å². The molecule has 1 unspecified atom stereocenters. The lowest BCUT2D eigenvalue weighted by atomic mass is 10.0. The number of carboxylic acid groups (broad SMARTS) is 1. The molecule has 0 fully saturated rings. The minimum atomic E-state index is -4.61. The molecule has 4 rings (SSSR count). The number of benzene rings is 2. The van der Waals surface area contributed by atoms with E-state index in [-0.39, 0.29) is 6.42 Å². The molecule has 0 radical (unpaired) electrons. The van der Waals surface area contributed by atoms with Crippen molar-refractivity contribution in [2.75, 3.05) is 13.2 Å². The van der Waals surface area contributed by atoms with E-state index in [1.165, 1.54) is 16.9 Å². The fourth-order valence-electron chi connectivity index (χ4n) is 4.04. The van der Waals surface area contributed by atoms with E-state index in [0.717, 1.165) is 21.3 Å². The Labute approximate surface area is 222 Å². The van der Waals surface area contributed by atoms with E-state index >= 15 is 0 Å². The van der Waals surface area contributed by atoms with Crippen LogP contribution in [-0.2, 0) is 22.4 Å². The van der Waals surface area contributed by atoms with Crippen LogP contribution in [0.1, 0.15) is 42.3 Å². The predicted molar refractivity (Wildman–Crippen MR) is 139 cm³/mol. The Bertz CT molecular complexity index is 1390. The van der Waals surface area contributed by atoms with E-state index in [2.05, 4.69) is 35.7 Å². The number of fused-ring (bicyclic) bond motifs is 1. The second kappa shape index (κ2) is 11.6. The zero-order valence-corrected chi connectivity index (χ0v) is 22.0. The molecule has 202 valence electrons. The number of aromatic nitrogens is 1. The summed E-state index contributed by atoms with van der Waals surface area (Å²) in [7, 11) is 0. The molecule has 4 aromatic rings. The average molecular weight is 548 g/mol. The van der Waals surface area contributed by atoms with E-state index < -0.39 is 24.9 Å². The Morgan fingerprint density at radius 1 is 1.13 bits per heavy atom. The summed E-state index contributed by atoms with van der Waals surface area (Å²) in [6.45, 7) is 4.85. The lowest BCUT2D eigenvalue weighted by Crippen LogP contribution is -2.31. The molecule has 0 bridgehead atoms. The van der Waals surface area contributed by atoms with Crippen molar-refractivity contribution >= 4 is 27.4 Å². The maximum absolute atomic E-state index is 12.5. The first kappa shape index (κ1) is 27.7. The summed E-state index contributed by atoms with van der Waals surface area (Å²) in [6, 6.07) is 13.3. The molecule has 0 aliphatic heterocycles. The Balaban J connectivity index is 1.42. The van der Waals surface area contributed by atoms with Crippen molar-refractivity contribution in [1.29, 1.82) is 0 Å². The number of aliphatic carboxylic acids is 1. The smallest absolute Gasteiger partial charge is 0.411 e. The number of nitrogens with zero attached hydrogens (tertiary/aromatic N) is 1. The predicted octanol–water partition coefficient (Wildman–Crippen LogP) is 7.18. The fraction of sp³-hybridized carbons (Fsp3) is 0.357. The van der Waals surface area contributed by atoms with Crippen molar-refractivity contribution in [3.63, 3.8) is 0 Å².